The highest BCUT2D eigenvalue weighted by Gasteiger charge is 2.45. The van der Waals surface area contributed by atoms with E-state index in [2.05, 4.69) is 20.7 Å². The molecule has 1 fully saturated rings. The third kappa shape index (κ3) is 3.49. The first-order valence-corrected chi connectivity index (χ1v) is 9.79. The van der Waals surface area contributed by atoms with Gasteiger partial charge in [-0.1, -0.05) is 19.8 Å². The summed E-state index contributed by atoms with van der Waals surface area (Å²) in [5, 5.41) is 9.56. The molecule has 1 aromatic rings. The molecule has 118 valence electrons. The van der Waals surface area contributed by atoms with Gasteiger partial charge in [-0.3, -0.25) is 4.79 Å². The van der Waals surface area contributed by atoms with Crippen LogP contribution in [-0.2, 0) is 14.8 Å². The number of hydrogen-bond acceptors (Lipinski definition) is 4. The monoisotopic (exact) mass is 395 g/mol. The Labute approximate surface area is 136 Å². The maximum atomic E-state index is 12.6. The molecule has 1 aromatic heterocycles. The van der Waals surface area contributed by atoms with Crippen molar-refractivity contribution in [1.29, 1.82) is 0 Å². The van der Waals surface area contributed by atoms with Crippen molar-refractivity contribution in [1.82, 2.24) is 4.72 Å². The second-order valence-corrected chi connectivity index (χ2v) is 9.95. The van der Waals surface area contributed by atoms with E-state index in [1.807, 2.05) is 6.92 Å². The van der Waals surface area contributed by atoms with Gasteiger partial charge in [-0.05, 0) is 47.7 Å². The van der Waals surface area contributed by atoms with E-state index >= 15 is 0 Å². The molecule has 1 heterocycles. The lowest BCUT2D eigenvalue weighted by Crippen LogP contribution is -2.56. The Morgan fingerprint density at radius 2 is 2.24 bits per heavy atom. The maximum absolute atomic E-state index is 12.6. The minimum atomic E-state index is -3.85. The molecule has 0 amide bonds. The predicted octanol–water partition coefficient (Wildman–Crippen LogP) is 3.13. The van der Waals surface area contributed by atoms with Crippen LogP contribution in [0.5, 0.6) is 0 Å². The second kappa shape index (κ2) is 5.98. The Morgan fingerprint density at radius 3 is 2.71 bits per heavy atom. The number of aryl methyl sites for hydroxylation is 1. The van der Waals surface area contributed by atoms with E-state index in [4.69, 9.17) is 0 Å². The fourth-order valence-electron chi connectivity index (χ4n) is 2.89. The molecular weight excluding hydrogens is 378 g/mol. The Balaban J connectivity index is 2.36. The average molecular weight is 396 g/mol. The zero-order valence-electron chi connectivity index (χ0n) is 11.8. The smallest absolute Gasteiger partial charge is 0.324 e. The molecule has 0 bridgehead atoms. The number of carbonyl (C=O) groups is 1. The number of carboxylic acid groups (broad SMARTS) is 1. The third-order valence-electron chi connectivity index (χ3n) is 3.87. The van der Waals surface area contributed by atoms with Crippen LogP contribution in [-0.4, -0.2) is 25.0 Å². The van der Waals surface area contributed by atoms with Crippen LogP contribution in [0, 0.1) is 12.8 Å². The molecule has 5 nitrogen and oxygen atoms in total. The molecule has 2 unspecified atom stereocenters. The van der Waals surface area contributed by atoms with Gasteiger partial charge < -0.3 is 5.11 Å². The minimum absolute atomic E-state index is 0.151. The summed E-state index contributed by atoms with van der Waals surface area (Å²) in [5.74, 6) is -0.905. The van der Waals surface area contributed by atoms with Gasteiger partial charge in [0.2, 0.25) is 10.0 Å². The maximum Gasteiger partial charge on any atom is 0.324 e. The Bertz CT molecular complexity index is 655. The topological polar surface area (TPSA) is 83.5 Å². The van der Waals surface area contributed by atoms with E-state index in [0.29, 0.717) is 27.9 Å². The van der Waals surface area contributed by atoms with Crippen molar-refractivity contribution in [3.63, 3.8) is 0 Å². The molecule has 0 aromatic carbocycles. The van der Waals surface area contributed by atoms with Gasteiger partial charge in [0, 0.05) is 4.88 Å². The van der Waals surface area contributed by atoms with Gasteiger partial charge >= 0.3 is 5.97 Å². The predicted molar refractivity (Wildman–Crippen MR) is 85.1 cm³/mol. The number of hydrogen-bond donors (Lipinski definition) is 2. The normalized spacial score (nSPS) is 26.7. The molecule has 2 rings (SSSR count). The molecule has 0 aliphatic heterocycles. The lowest BCUT2D eigenvalue weighted by atomic mass is 9.77. The van der Waals surface area contributed by atoms with Crippen molar-refractivity contribution in [2.45, 2.75) is 50.0 Å². The van der Waals surface area contributed by atoms with E-state index in [9.17, 15) is 18.3 Å². The summed E-state index contributed by atoms with van der Waals surface area (Å²) in [5.41, 5.74) is -1.39. The zero-order valence-corrected chi connectivity index (χ0v) is 15.1. The van der Waals surface area contributed by atoms with E-state index in [1.165, 1.54) is 17.4 Å². The van der Waals surface area contributed by atoms with Gasteiger partial charge in [0.1, 0.15) is 5.54 Å². The molecule has 0 spiro atoms. The summed E-state index contributed by atoms with van der Waals surface area (Å²) in [6.07, 6.45) is 2.30. The number of halogens is 1. The molecular formula is C13H18BrNO4S2. The Hall–Kier alpha value is -0.440. The van der Waals surface area contributed by atoms with Crippen LogP contribution in [0.15, 0.2) is 14.7 Å². The van der Waals surface area contributed by atoms with Crippen LogP contribution >= 0.6 is 27.3 Å². The summed E-state index contributed by atoms with van der Waals surface area (Å²) in [7, 11) is -3.85. The first kappa shape index (κ1) is 16.9. The molecule has 0 saturated heterocycles. The van der Waals surface area contributed by atoms with Gasteiger partial charge in [-0.25, -0.2) is 8.42 Å². The number of rotatable bonds is 4. The number of carboxylic acids is 1. The SMILES string of the molecule is Cc1sc(Br)cc1S(=O)(=O)NC1(C(=O)O)CCCC(C)C1. The van der Waals surface area contributed by atoms with Crippen LogP contribution in [0.25, 0.3) is 0 Å². The summed E-state index contributed by atoms with van der Waals surface area (Å²) in [6, 6.07) is 1.52. The van der Waals surface area contributed by atoms with Crippen LogP contribution in [0.3, 0.4) is 0 Å². The zero-order chi connectivity index (χ0) is 15.8. The first-order chi connectivity index (χ1) is 9.66. The molecule has 1 aliphatic carbocycles. The van der Waals surface area contributed by atoms with Crippen LogP contribution in [0.4, 0.5) is 0 Å². The fraction of sp³-hybridized carbons (Fsp3) is 0.615. The molecule has 8 heteroatoms. The number of aliphatic carboxylic acids is 1. The minimum Gasteiger partial charge on any atom is -0.480 e. The van der Waals surface area contributed by atoms with E-state index < -0.39 is 21.5 Å². The summed E-state index contributed by atoms with van der Waals surface area (Å²) in [6.45, 7) is 3.67. The van der Waals surface area contributed by atoms with Gasteiger partial charge in [0.05, 0.1) is 8.68 Å². The molecule has 1 saturated carbocycles. The lowest BCUT2D eigenvalue weighted by Gasteiger charge is -2.36. The largest absolute Gasteiger partial charge is 0.480 e. The summed E-state index contributed by atoms with van der Waals surface area (Å²) < 4.78 is 28.3. The number of sulfonamides is 1. The van der Waals surface area contributed by atoms with Crippen molar-refractivity contribution in [2.24, 2.45) is 5.92 Å². The molecule has 1 aliphatic rings. The van der Waals surface area contributed by atoms with Crippen molar-refractivity contribution in [3.05, 3.63) is 14.7 Å². The molecule has 2 atom stereocenters. The van der Waals surface area contributed by atoms with Crippen LogP contribution < -0.4 is 4.72 Å². The van der Waals surface area contributed by atoms with E-state index in [0.717, 1.165) is 6.42 Å². The summed E-state index contributed by atoms with van der Waals surface area (Å²) in [4.78, 5) is 12.5. The van der Waals surface area contributed by atoms with Gasteiger partial charge in [0.15, 0.2) is 0 Å². The van der Waals surface area contributed by atoms with E-state index in [1.54, 1.807) is 6.92 Å². The van der Waals surface area contributed by atoms with Crippen molar-refractivity contribution in [2.75, 3.05) is 0 Å². The van der Waals surface area contributed by atoms with Crippen molar-refractivity contribution in [3.8, 4) is 0 Å². The lowest BCUT2D eigenvalue weighted by molar-refractivity contribution is -0.146. The number of nitrogens with one attached hydrogen (secondary N) is 1. The first-order valence-electron chi connectivity index (χ1n) is 6.69. The third-order valence-corrected chi connectivity index (χ3v) is 7.21. The average Bonchev–Trinajstić information content (AvgIpc) is 2.68. The standard InChI is InChI=1S/C13H18BrNO4S2/c1-8-4-3-5-13(7-8,12(16)17)15-21(18,19)10-6-11(14)20-9(10)2/h6,8,15H,3-5,7H2,1-2H3,(H,16,17). The molecule has 21 heavy (non-hydrogen) atoms. The number of thiophene rings is 1. The quantitative estimate of drug-likeness (QED) is 0.819. The second-order valence-electron chi connectivity index (χ2n) is 5.67. The summed E-state index contributed by atoms with van der Waals surface area (Å²) >= 11 is 4.58. The highest BCUT2D eigenvalue weighted by molar-refractivity contribution is 9.11. The van der Waals surface area contributed by atoms with Crippen molar-refractivity contribution < 1.29 is 18.3 Å². The molecule has 2 N–H and O–H groups in total. The van der Waals surface area contributed by atoms with Crippen LogP contribution in [0.1, 0.15) is 37.5 Å². The molecule has 0 radical (unpaired) electrons. The van der Waals surface area contributed by atoms with Gasteiger partial charge in [-0.2, -0.15) is 4.72 Å². The highest BCUT2D eigenvalue weighted by atomic mass is 79.9. The van der Waals surface area contributed by atoms with Gasteiger partial charge in [0.25, 0.3) is 0 Å². The Morgan fingerprint density at radius 1 is 1.57 bits per heavy atom. The fourth-order valence-corrected chi connectivity index (χ4v) is 6.71. The Kier molecular flexibility index (Phi) is 4.82. The van der Waals surface area contributed by atoms with Crippen molar-refractivity contribution >= 4 is 43.3 Å². The highest BCUT2D eigenvalue weighted by Crippen LogP contribution is 2.35. The van der Waals surface area contributed by atoms with E-state index in [-0.39, 0.29) is 10.8 Å². The van der Waals surface area contributed by atoms with Gasteiger partial charge in [-0.15, -0.1) is 11.3 Å². The van der Waals surface area contributed by atoms with Crippen LogP contribution in [0.2, 0.25) is 0 Å².